The highest BCUT2D eigenvalue weighted by molar-refractivity contribution is 9.10. The van der Waals surface area contributed by atoms with Crippen molar-refractivity contribution < 1.29 is 22.7 Å². The minimum absolute atomic E-state index is 0.000583. The van der Waals surface area contributed by atoms with Crippen LogP contribution in [0.25, 0.3) is 11.1 Å². The van der Waals surface area contributed by atoms with Gasteiger partial charge in [0.25, 0.3) is 15.9 Å². The summed E-state index contributed by atoms with van der Waals surface area (Å²) in [7, 11) is -4.18. The first-order chi connectivity index (χ1) is 17.4. The average molecular weight is 566 g/mol. The molecule has 0 N–H and O–H groups in total. The Morgan fingerprint density at radius 3 is 2.06 bits per heavy atom. The number of anilines is 1. The monoisotopic (exact) mass is 565 g/mol. The Morgan fingerprint density at radius 2 is 1.44 bits per heavy atom. The van der Waals surface area contributed by atoms with E-state index < -0.39 is 22.5 Å². The topological polar surface area (TPSA) is 72.9 Å². The normalized spacial score (nSPS) is 11.1. The zero-order chi connectivity index (χ0) is 25.5. The van der Waals surface area contributed by atoms with Crippen LogP contribution < -0.4 is 13.8 Å². The molecule has 0 saturated heterocycles. The molecule has 1 amide bonds. The number of hydrogen-bond donors (Lipinski definition) is 0. The van der Waals surface area contributed by atoms with Crippen LogP contribution in [-0.2, 0) is 14.8 Å². The van der Waals surface area contributed by atoms with Crippen LogP contribution in [0.1, 0.15) is 6.92 Å². The molecule has 36 heavy (non-hydrogen) atoms. The fraction of sp³-hybridized carbons (Fsp3) is 0.107. The molecule has 0 aliphatic carbocycles. The Morgan fingerprint density at radius 1 is 0.806 bits per heavy atom. The van der Waals surface area contributed by atoms with E-state index in [-0.39, 0.29) is 10.6 Å². The van der Waals surface area contributed by atoms with E-state index in [1.807, 2.05) is 49.4 Å². The number of sulfonamides is 1. The maximum absolute atomic E-state index is 13.5. The predicted molar refractivity (Wildman–Crippen MR) is 144 cm³/mol. The molecule has 6 nitrogen and oxygen atoms in total. The molecule has 0 aromatic heterocycles. The lowest BCUT2D eigenvalue weighted by molar-refractivity contribution is -0.119. The third-order valence-electron chi connectivity index (χ3n) is 5.28. The Balaban J connectivity index is 1.60. The molecule has 0 radical (unpaired) electrons. The number of amides is 1. The van der Waals surface area contributed by atoms with Gasteiger partial charge in [-0.2, -0.15) is 4.31 Å². The zero-order valence-corrected chi connectivity index (χ0v) is 21.9. The number of nitrogens with zero attached hydrogens (tertiary/aromatic N) is 1. The molecule has 0 aliphatic rings. The zero-order valence-electron chi connectivity index (χ0n) is 19.5. The summed E-state index contributed by atoms with van der Waals surface area (Å²) in [5.74, 6) is 0.262. The molecule has 0 atom stereocenters. The molecule has 0 spiro atoms. The van der Waals surface area contributed by atoms with Crippen molar-refractivity contribution in [1.29, 1.82) is 0 Å². The van der Waals surface area contributed by atoms with Gasteiger partial charge < -0.3 is 9.47 Å². The van der Waals surface area contributed by atoms with Crippen LogP contribution in [0.15, 0.2) is 112 Å². The first-order valence-corrected chi connectivity index (χ1v) is 13.5. The van der Waals surface area contributed by atoms with Crippen LogP contribution in [0.5, 0.6) is 11.5 Å². The number of rotatable bonds is 9. The largest absolute Gasteiger partial charge is 0.494 e. The van der Waals surface area contributed by atoms with Crippen molar-refractivity contribution in [3.63, 3.8) is 0 Å². The van der Waals surface area contributed by atoms with Gasteiger partial charge in [0.1, 0.15) is 11.5 Å². The van der Waals surface area contributed by atoms with Crippen molar-refractivity contribution >= 4 is 37.5 Å². The summed E-state index contributed by atoms with van der Waals surface area (Å²) in [6, 6.07) is 29.5. The fourth-order valence-corrected chi connectivity index (χ4v) is 5.51. The van der Waals surface area contributed by atoms with E-state index in [9.17, 15) is 13.2 Å². The lowest BCUT2D eigenvalue weighted by atomic mass is 10.1. The number of benzene rings is 4. The summed E-state index contributed by atoms with van der Waals surface area (Å²) in [5.41, 5.74) is 2.20. The molecule has 4 rings (SSSR count). The summed E-state index contributed by atoms with van der Waals surface area (Å²) in [5, 5.41) is 0. The Kier molecular flexibility index (Phi) is 8.07. The third kappa shape index (κ3) is 5.78. The molecule has 4 aromatic carbocycles. The minimum Gasteiger partial charge on any atom is -0.494 e. The smallest absolute Gasteiger partial charge is 0.278 e. The first kappa shape index (κ1) is 25.5. The molecule has 0 aliphatic heterocycles. The van der Waals surface area contributed by atoms with Crippen LogP contribution in [0, 0.1) is 0 Å². The van der Waals surface area contributed by atoms with Crippen molar-refractivity contribution in [3.8, 4) is 22.6 Å². The van der Waals surface area contributed by atoms with Gasteiger partial charge in [0.2, 0.25) is 0 Å². The number of ether oxygens (including phenoxy) is 2. The van der Waals surface area contributed by atoms with Crippen LogP contribution in [0.3, 0.4) is 0 Å². The van der Waals surface area contributed by atoms with Crippen LogP contribution >= 0.6 is 15.9 Å². The first-order valence-electron chi connectivity index (χ1n) is 11.2. The number of carbonyl (C=O) groups is 1. The van der Waals surface area contributed by atoms with Gasteiger partial charge in [-0.1, -0.05) is 54.6 Å². The van der Waals surface area contributed by atoms with Crippen molar-refractivity contribution in [2.24, 2.45) is 0 Å². The molecule has 0 heterocycles. The SMILES string of the molecule is CCOc1ccc(N(C(=O)COc2ccc(-c3ccccc3)cc2Br)S(=O)(=O)c2ccccc2)cc1. The summed E-state index contributed by atoms with van der Waals surface area (Å²) in [6.45, 7) is 1.84. The minimum atomic E-state index is -4.18. The lowest BCUT2D eigenvalue weighted by Gasteiger charge is -2.23. The van der Waals surface area contributed by atoms with Crippen LogP contribution in [0.4, 0.5) is 5.69 Å². The quantitative estimate of drug-likeness (QED) is 0.237. The molecule has 0 unspecified atom stereocenters. The van der Waals surface area contributed by atoms with Gasteiger partial charge in [-0.3, -0.25) is 4.79 Å². The molecule has 4 aromatic rings. The lowest BCUT2D eigenvalue weighted by Crippen LogP contribution is -2.40. The molecule has 8 heteroatoms. The van der Waals surface area contributed by atoms with Gasteiger partial charge in [0, 0.05) is 0 Å². The molecular weight excluding hydrogens is 542 g/mol. The molecule has 0 saturated carbocycles. The number of carbonyl (C=O) groups excluding carboxylic acids is 1. The number of hydrogen-bond acceptors (Lipinski definition) is 5. The van der Waals surface area contributed by atoms with Gasteiger partial charge >= 0.3 is 0 Å². The second-order valence-electron chi connectivity index (χ2n) is 7.70. The molecule has 0 bridgehead atoms. The highest BCUT2D eigenvalue weighted by Gasteiger charge is 2.31. The van der Waals surface area contributed by atoms with Gasteiger partial charge in [-0.05, 0) is 82.5 Å². The fourth-order valence-electron chi connectivity index (χ4n) is 3.59. The van der Waals surface area contributed by atoms with E-state index in [1.54, 1.807) is 36.4 Å². The Bertz CT molecular complexity index is 1430. The summed E-state index contributed by atoms with van der Waals surface area (Å²) in [4.78, 5) is 13.3. The van der Waals surface area contributed by atoms with E-state index in [1.165, 1.54) is 24.3 Å². The van der Waals surface area contributed by atoms with Crippen molar-refractivity contribution in [2.75, 3.05) is 17.5 Å². The Hall–Kier alpha value is -3.62. The van der Waals surface area contributed by atoms with Crippen molar-refractivity contribution in [1.82, 2.24) is 0 Å². The molecule has 0 fully saturated rings. The summed E-state index contributed by atoms with van der Waals surface area (Å²) < 4.78 is 39.6. The van der Waals surface area contributed by atoms with Gasteiger partial charge in [0.15, 0.2) is 6.61 Å². The van der Waals surface area contributed by atoms with E-state index in [0.717, 1.165) is 15.4 Å². The van der Waals surface area contributed by atoms with Crippen molar-refractivity contribution in [3.05, 3.63) is 108 Å². The predicted octanol–water partition coefficient (Wildman–Crippen LogP) is 6.32. The Labute approximate surface area is 219 Å². The maximum Gasteiger partial charge on any atom is 0.278 e. The van der Waals surface area contributed by atoms with Gasteiger partial charge in [-0.15, -0.1) is 0 Å². The molecular formula is C28H24BrNO5S. The van der Waals surface area contributed by atoms with Crippen LogP contribution in [0.2, 0.25) is 0 Å². The maximum atomic E-state index is 13.5. The van der Waals surface area contributed by atoms with Crippen LogP contribution in [-0.4, -0.2) is 27.5 Å². The highest BCUT2D eigenvalue weighted by atomic mass is 79.9. The van der Waals surface area contributed by atoms with E-state index in [4.69, 9.17) is 9.47 Å². The van der Waals surface area contributed by atoms with E-state index >= 15 is 0 Å². The van der Waals surface area contributed by atoms with E-state index in [2.05, 4.69) is 15.9 Å². The number of halogens is 1. The van der Waals surface area contributed by atoms with Gasteiger partial charge in [0.05, 0.1) is 21.7 Å². The second kappa shape index (κ2) is 11.4. The van der Waals surface area contributed by atoms with E-state index in [0.29, 0.717) is 22.6 Å². The average Bonchev–Trinajstić information content (AvgIpc) is 2.90. The molecule has 184 valence electrons. The standard InChI is InChI=1S/C28H24BrNO5S/c1-2-34-24-16-14-23(15-17-24)30(36(32,33)25-11-7-4-8-12-25)28(31)20-35-27-18-13-22(19-26(27)29)21-9-5-3-6-10-21/h3-19H,2,20H2,1H3. The van der Waals surface area contributed by atoms with Gasteiger partial charge in [-0.25, -0.2) is 8.42 Å². The summed E-state index contributed by atoms with van der Waals surface area (Å²) >= 11 is 3.49. The third-order valence-corrected chi connectivity index (χ3v) is 7.66. The second-order valence-corrected chi connectivity index (χ2v) is 10.3. The highest BCUT2D eigenvalue weighted by Crippen LogP contribution is 2.31. The summed E-state index contributed by atoms with van der Waals surface area (Å²) in [6.07, 6.45) is 0. The van der Waals surface area contributed by atoms with Crippen molar-refractivity contribution in [2.45, 2.75) is 11.8 Å².